The maximum atomic E-state index is 12.3. The predicted molar refractivity (Wildman–Crippen MR) is 92.3 cm³/mol. The van der Waals surface area contributed by atoms with Gasteiger partial charge >= 0.3 is 0 Å². The molecule has 7 nitrogen and oxygen atoms in total. The molecule has 3 heterocycles. The Bertz CT molecular complexity index is 744. The van der Waals surface area contributed by atoms with Crippen LogP contribution in [0.3, 0.4) is 0 Å². The van der Waals surface area contributed by atoms with E-state index in [1.54, 1.807) is 42.2 Å². The van der Waals surface area contributed by atoms with E-state index in [1.807, 2.05) is 4.90 Å². The van der Waals surface area contributed by atoms with E-state index in [4.69, 9.17) is 17.3 Å². The van der Waals surface area contributed by atoms with E-state index in [1.165, 1.54) is 0 Å². The number of carbonyl (C=O) groups excluding carboxylic acids is 1. The van der Waals surface area contributed by atoms with Gasteiger partial charge in [-0.2, -0.15) is 10.1 Å². The highest BCUT2D eigenvalue weighted by molar-refractivity contribution is 6.29. The molecule has 1 saturated heterocycles. The normalized spacial score (nSPS) is 16.0. The molecule has 0 saturated carbocycles. The average Bonchev–Trinajstić information content (AvgIpc) is 2.92. The van der Waals surface area contributed by atoms with Crippen molar-refractivity contribution in [2.45, 2.75) is 18.8 Å². The van der Waals surface area contributed by atoms with Crippen LogP contribution in [0.5, 0.6) is 0 Å². The minimum absolute atomic E-state index is 0.00474. The van der Waals surface area contributed by atoms with Gasteiger partial charge in [0.1, 0.15) is 5.15 Å². The average molecular weight is 347 g/mol. The standard InChI is InChI=1S/C16H19ClN6O/c1-22-16(18)20-15(21-22)12-5-8-23(9-6-12)14(24)3-2-11-4-7-19-13(17)10-11/h2-4,7,10,12H,5-6,8-9H2,1H3,(H2,18,20,21)/b3-2+. The van der Waals surface area contributed by atoms with Gasteiger partial charge in [-0.3, -0.25) is 4.79 Å². The molecule has 0 spiro atoms. The van der Waals surface area contributed by atoms with Gasteiger partial charge < -0.3 is 10.6 Å². The van der Waals surface area contributed by atoms with Crippen LogP contribution in [0.15, 0.2) is 24.4 Å². The zero-order valence-corrected chi connectivity index (χ0v) is 14.1. The number of rotatable bonds is 3. The van der Waals surface area contributed by atoms with E-state index in [2.05, 4.69) is 15.1 Å². The van der Waals surface area contributed by atoms with Crippen LogP contribution < -0.4 is 5.73 Å². The highest BCUT2D eigenvalue weighted by atomic mass is 35.5. The quantitative estimate of drug-likeness (QED) is 0.676. The first-order chi connectivity index (χ1) is 11.5. The van der Waals surface area contributed by atoms with Gasteiger partial charge in [0.25, 0.3) is 0 Å². The fraction of sp³-hybridized carbons (Fsp3) is 0.375. The highest BCUT2D eigenvalue weighted by Crippen LogP contribution is 2.26. The van der Waals surface area contributed by atoms with Gasteiger partial charge in [0.2, 0.25) is 11.9 Å². The van der Waals surface area contributed by atoms with Crippen molar-refractivity contribution in [2.24, 2.45) is 7.05 Å². The Morgan fingerprint density at radius 2 is 2.17 bits per heavy atom. The number of pyridine rings is 1. The van der Waals surface area contributed by atoms with Crippen LogP contribution in [0.4, 0.5) is 5.95 Å². The summed E-state index contributed by atoms with van der Waals surface area (Å²) in [7, 11) is 1.78. The number of nitrogens with two attached hydrogens (primary N) is 1. The molecule has 0 aromatic carbocycles. The number of aromatic nitrogens is 4. The molecule has 0 atom stereocenters. The van der Waals surface area contributed by atoms with Gasteiger partial charge in [-0.05, 0) is 36.6 Å². The number of carbonyl (C=O) groups is 1. The summed E-state index contributed by atoms with van der Waals surface area (Å²) >= 11 is 5.83. The van der Waals surface area contributed by atoms with Crippen LogP contribution in [0.1, 0.15) is 30.1 Å². The number of hydrogen-bond acceptors (Lipinski definition) is 5. The first-order valence-electron chi connectivity index (χ1n) is 7.78. The SMILES string of the molecule is Cn1nc(C2CCN(C(=O)/C=C/c3ccnc(Cl)c3)CC2)nc1N. The summed E-state index contributed by atoms with van der Waals surface area (Å²) in [4.78, 5) is 22.3. The molecule has 1 fully saturated rings. The second-order valence-corrected chi connectivity index (χ2v) is 6.18. The number of aryl methyl sites for hydroxylation is 1. The van der Waals surface area contributed by atoms with Gasteiger partial charge in [0, 0.05) is 38.3 Å². The lowest BCUT2D eigenvalue weighted by Crippen LogP contribution is -2.37. The molecule has 2 aromatic rings. The molecule has 126 valence electrons. The Labute approximate surface area is 145 Å². The summed E-state index contributed by atoms with van der Waals surface area (Å²) in [6.07, 6.45) is 6.61. The molecular weight excluding hydrogens is 328 g/mol. The molecule has 24 heavy (non-hydrogen) atoms. The molecule has 2 N–H and O–H groups in total. The van der Waals surface area contributed by atoms with Crippen LogP contribution in [0.2, 0.25) is 5.15 Å². The Kier molecular flexibility index (Phi) is 4.80. The van der Waals surface area contributed by atoms with Crippen molar-refractivity contribution in [1.29, 1.82) is 0 Å². The van der Waals surface area contributed by atoms with Gasteiger partial charge in [0.15, 0.2) is 5.82 Å². The molecule has 0 aliphatic carbocycles. The second-order valence-electron chi connectivity index (χ2n) is 5.80. The minimum Gasteiger partial charge on any atom is -0.368 e. The van der Waals surface area contributed by atoms with Crippen molar-refractivity contribution in [2.75, 3.05) is 18.8 Å². The third-order valence-corrected chi connectivity index (χ3v) is 4.36. The Morgan fingerprint density at radius 1 is 1.42 bits per heavy atom. The molecule has 1 amide bonds. The number of likely N-dealkylation sites (tertiary alicyclic amines) is 1. The lowest BCUT2D eigenvalue weighted by Gasteiger charge is -2.30. The number of halogens is 1. The fourth-order valence-electron chi connectivity index (χ4n) is 2.74. The smallest absolute Gasteiger partial charge is 0.246 e. The number of hydrogen-bond donors (Lipinski definition) is 1. The van der Waals surface area contributed by atoms with E-state index in [0.717, 1.165) is 24.2 Å². The van der Waals surface area contributed by atoms with E-state index in [9.17, 15) is 4.79 Å². The van der Waals surface area contributed by atoms with Crippen molar-refractivity contribution in [3.8, 4) is 0 Å². The molecular formula is C16H19ClN6O. The molecule has 1 aliphatic heterocycles. The lowest BCUT2D eigenvalue weighted by atomic mass is 9.96. The molecule has 0 unspecified atom stereocenters. The van der Waals surface area contributed by atoms with Crippen molar-refractivity contribution in [3.63, 3.8) is 0 Å². The zero-order chi connectivity index (χ0) is 17.1. The van der Waals surface area contributed by atoms with Crippen molar-refractivity contribution in [3.05, 3.63) is 40.9 Å². The maximum absolute atomic E-state index is 12.3. The summed E-state index contributed by atoms with van der Waals surface area (Å²) < 4.78 is 1.58. The molecule has 3 rings (SSSR count). The van der Waals surface area contributed by atoms with Crippen molar-refractivity contribution < 1.29 is 4.79 Å². The maximum Gasteiger partial charge on any atom is 0.246 e. The second kappa shape index (κ2) is 7.00. The number of nitrogens with zero attached hydrogens (tertiary/aromatic N) is 5. The van der Waals surface area contributed by atoms with Crippen LogP contribution in [-0.4, -0.2) is 43.6 Å². The molecule has 0 bridgehead atoms. The van der Waals surface area contributed by atoms with Crippen LogP contribution in [-0.2, 0) is 11.8 Å². The van der Waals surface area contributed by atoms with Gasteiger partial charge in [-0.25, -0.2) is 9.67 Å². The lowest BCUT2D eigenvalue weighted by molar-refractivity contribution is -0.127. The largest absolute Gasteiger partial charge is 0.368 e. The summed E-state index contributed by atoms with van der Waals surface area (Å²) in [5.74, 6) is 1.43. The zero-order valence-electron chi connectivity index (χ0n) is 13.4. The summed E-state index contributed by atoms with van der Waals surface area (Å²) in [6.45, 7) is 1.37. The van der Waals surface area contributed by atoms with E-state index < -0.39 is 0 Å². The Balaban J connectivity index is 1.57. The topological polar surface area (TPSA) is 89.9 Å². The summed E-state index contributed by atoms with van der Waals surface area (Å²) in [5, 5.41) is 4.74. The molecule has 2 aromatic heterocycles. The van der Waals surface area contributed by atoms with Crippen LogP contribution in [0.25, 0.3) is 6.08 Å². The summed E-state index contributed by atoms with van der Waals surface area (Å²) in [5.41, 5.74) is 6.58. The van der Waals surface area contributed by atoms with E-state index in [0.29, 0.717) is 24.2 Å². The van der Waals surface area contributed by atoms with Crippen LogP contribution >= 0.6 is 11.6 Å². The number of anilines is 1. The van der Waals surface area contributed by atoms with Gasteiger partial charge in [-0.15, -0.1) is 0 Å². The third kappa shape index (κ3) is 3.73. The Morgan fingerprint density at radius 3 is 2.79 bits per heavy atom. The van der Waals surface area contributed by atoms with Crippen molar-refractivity contribution >= 4 is 29.5 Å². The number of amides is 1. The summed E-state index contributed by atoms with van der Waals surface area (Å²) in [6, 6.07) is 3.52. The number of nitrogen functional groups attached to an aromatic ring is 1. The van der Waals surface area contributed by atoms with E-state index in [-0.39, 0.29) is 11.8 Å². The third-order valence-electron chi connectivity index (χ3n) is 4.15. The van der Waals surface area contributed by atoms with Crippen LogP contribution in [0, 0.1) is 0 Å². The first kappa shape index (κ1) is 16.4. The van der Waals surface area contributed by atoms with Gasteiger partial charge in [-0.1, -0.05) is 11.6 Å². The van der Waals surface area contributed by atoms with Crippen molar-refractivity contribution in [1.82, 2.24) is 24.6 Å². The minimum atomic E-state index is -0.00474. The Hall–Kier alpha value is -2.41. The molecule has 0 radical (unpaired) electrons. The first-order valence-corrected chi connectivity index (χ1v) is 8.15. The molecule has 1 aliphatic rings. The van der Waals surface area contributed by atoms with Gasteiger partial charge in [0.05, 0.1) is 0 Å². The highest BCUT2D eigenvalue weighted by Gasteiger charge is 2.25. The molecule has 8 heteroatoms. The monoisotopic (exact) mass is 346 g/mol. The fourth-order valence-corrected chi connectivity index (χ4v) is 2.92. The predicted octanol–water partition coefficient (Wildman–Crippen LogP) is 1.87. The van der Waals surface area contributed by atoms with E-state index >= 15 is 0 Å². The number of piperidine rings is 1.